The van der Waals surface area contributed by atoms with Crippen molar-refractivity contribution in [3.05, 3.63) is 35.6 Å². The smallest absolute Gasteiger partial charge is 0.475 e. The van der Waals surface area contributed by atoms with Crippen LogP contribution in [0.2, 0.25) is 0 Å². The quantitative estimate of drug-likeness (QED) is 0.707. The van der Waals surface area contributed by atoms with E-state index in [0.29, 0.717) is 31.5 Å². The van der Waals surface area contributed by atoms with Gasteiger partial charge in [-0.05, 0) is 36.9 Å². The number of piperidine rings is 1. The number of nitrogens with zero attached hydrogens (tertiary/aromatic N) is 2. The molecular formula is C19H23F4N3O4. The molecule has 11 heteroatoms. The number of carbonyl (C=O) groups is 3. The van der Waals surface area contributed by atoms with Crippen molar-refractivity contribution in [2.24, 2.45) is 11.8 Å². The Morgan fingerprint density at radius 1 is 1.13 bits per heavy atom. The number of carbonyl (C=O) groups excluding carboxylic acids is 2. The highest BCUT2D eigenvalue weighted by molar-refractivity contribution is 5.94. The molecule has 2 N–H and O–H groups in total. The van der Waals surface area contributed by atoms with E-state index in [9.17, 15) is 27.2 Å². The van der Waals surface area contributed by atoms with Crippen LogP contribution >= 0.6 is 0 Å². The molecule has 0 aromatic heterocycles. The van der Waals surface area contributed by atoms with E-state index >= 15 is 0 Å². The Morgan fingerprint density at radius 2 is 1.73 bits per heavy atom. The lowest BCUT2D eigenvalue weighted by atomic mass is 9.89. The van der Waals surface area contributed by atoms with Gasteiger partial charge in [0.05, 0.1) is 12.1 Å². The Bertz CT molecular complexity index is 787. The monoisotopic (exact) mass is 433 g/mol. The summed E-state index contributed by atoms with van der Waals surface area (Å²) in [5, 5.41) is 9.76. The van der Waals surface area contributed by atoms with E-state index in [2.05, 4.69) is 10.2 Å². The van der Waals surface area contributed by atoms with Crippen LogP contribution in [-0.4, -0.2) is 78.6 Å². The van der Waals surface area contributed by atoms with Gasteiger partial charge in [-0.1, -0.05) is 12.1 Å². The number of aliphatic carboxylic acids is 1. The van der Waals surface area contributed by atoms with Gasteiger partial charge in [0.25, 0.3) is 5.91 Å². The summed E-state index contributed by atoms with van der Waals surface area (Å²) >= 11 is 0. The van der Waals surface area contributed by atoms with Crippen molar-refractivity contribution in [2.45, 2.75) is 12.6 Å². The third-order valence-corrected chi connectivity index (χ3v) is 5.17. The topological polar surface area (TPSA) is 90.0 Å². The fourth-order valence-electron chi connectivity index (χ4n) is 3.64. The molecule has 7 nitrogen and oxygen atoms in total. The third-order valence-electron chi connectivity index (χ3n) is 5.17. The van der Waals surface area contributed by atoms with E-state index < -0.39 is 18.0 Å². The van der Waals surface area contributed by atoms with Crippen LogP contribution in [-0.2, 0) is 9.59 Å². The Morgan fingerprint density at radius 3 is 2.30 bits per heavy atom. The Balaban J connectivity index is 0.000000396. The minimum Gasteiger partial charge on any atom is -0.475 e. The zero-order valence-electron chi connectivity index (χ0n) is 16.3. The number of alkyl halides is 3. The van der Waals surface area contributed by atoms with Crippen LogP contribution < -0.4 is 5.32 Å². The van der Waals surface area contributed by atoms with Crippen LogP contribution in [0, 0.1) is 17.7 Å². The van der Waals surface area contributed by atoms with Crippen molar-refractivity contribution in [1.82, 2.24) is 15.1 Å². The molecule has 0 unspecified atom stereocenters. The van der Waals surface area contributed by atoms with Crippen LogP contribution in [0.3, 0.4) is 0 Å². The number of likely N-dealkylation sites (tertiary alicyclic amines) is 2. The zero-order chi connectivity index (χ0) is 22.5. The maximum atomic E-state index is 13.8. The number of hydrogen-bond donors (Lipinski definition) is 2. The number of carboxylic acids is 1. The standard InChI is InChI=1S/C17H22FN3O2.C2HF3O2/c1-19-16(22)11-20-7-6-12-9-21(10-13(12)8-20)17(23)14-4-2-3-5-15(14)18;3-2(4,5)1(6)7/h2-5,12-13H,6-11H2,1H3,(H,19,22);(H,6,7)/t12-,13+;/m0./s1. The highest BCUT2D eigenvalue weighted by atomic mass is 19.4. The molecule has 0 bridgehead atoms. The molecule has 3 rings (SSSR count). The second-order valence-corrected chi connectivity index (χ2v) is 7.21. The van der Waals surface area contributed by atoms with E-state index in [1.165, 1.54) is 12.1 Å². The molecule has 2 atom stereocenters. The molecule has 30 heavy (non-hydrogen) atoms. The van der Waals surface area contributed by atoms with Gasteiger partial charge in [-0.3, -0.25) is 14.5 Å². The molecule has 2 aliphatic heterocycles. The number of rotatable bonds is 3. The molecule has 0 saturated carbocycles. The molecule has 2 fully saturated rings. The SMILES string of the molecule is CNC(=O)CN1CC[C@H]2CN(C(=O)c3ccccc3F)C[C@H]2C1.O=C(O)C(F)(F)F. The molecule has 2 aliphatic rings. The highest BCUT2D eigenvalue weighted by Crippen LogP contribution is 2.32. The van der Waals surface area contributed by atoms with Crippen molar-refractivity contribution in [3.8, 4) is 0 Å². The molecule has 1 aromatic carbocycles. The fraction of sp³-hybridized carbons (Fsp3) is 0.526. The van der Waals surface area contributed by atoms with E-state index in [4.69, 9.17) is 9.90 Å². The molecular weight excluding hydrogens is 410 g/mol. The van der Waals surface area contributed by atoms with Crippen molar-refractivity contribution in [2.75, 3.05) is 39.8 Å². The molecule has 166 valence electrons. The molecule has 2 amide bonds. The first-order chi connectivity index (χ1) is 14.0. The lowest BCUT2D eigenvalue weighted by molar-refractivity contribution is -0.192. The molecule has 0 radical (unpaired) electrons. The Kier molecular flexibility index (Phi) is 7.77. The minimum absolute atomic E-state index is 0.0146. The van der Waals surface area contributed by atoms with E-state index in [1.807, 2.05) is 0 Å². The normalized spacial score (nSPS) is 21.3. The number of carboxylic acid groups (broad SMARTS) is 1. The summed E-state index contributed by atoms with van der Waals surface area (Å²) in [6, 6.07) is 6.13. The number of likely N-dealkylation sites (N-methyl/N-ethyl adjacent to an activating group) is 1. The van der Waals surface area contributed by atoms with Crippen LogP contribution in [0.4, 0.5) is 17.6 Å². The predicted octanol–water partition coefficient (Wildman–Crippen LogP) is 1.60. The maximum absolute atomic E-state index is 13.8. The van der Waals surface area contributed by atoms with Crippen molar-refractivity contribution in [3.63, 3.8) is 0 Å². The Labute approximate surface area is 170 Å². The lowest BCUT2D eigenvalue weighted by Gasteiger charge is -2.33. The van der Waals surface area contributed by atoms with E-state index in [1.54, 1.807) is 24.1 Å². The first-order valence-electron chi connectivity index (χ1n) is 9.29. The number of nitrogens with one attached hydrogen (secondary N) is 1. The summed E-state index contributed by atoms with van der Waals surface area (Å²) in [6.07, 6.45) is -4.11. The van der Waals surface area contributed by atoms with Gasteiger partial charge in [0.1, 0.15) is 5.82 Å². The van der Waals surface area contributed by atoms with Gasteiger partial charge in [0.15, 0.2) is 0 Å². The maximum Gasteiger partial charge on any atom is 0.490 e. The summed E-state index contributed by atoms with van der Waals surface area (Å²) in [7, 11) is 1.64. The van der Waals surface area contributed by atoms with Gasteiger partial charge in [-0.15, -0.1) is 0 Å². The first kappa shape index (κ1) is 23.6. The summed E-state index contributed by atoms with van der Waals surface area (Å²) in [5.74, 6) is -2.62. The summed E-state index contributed by atoms with van der Waals surface area (Å²) < 4.78 is 45.5. The lowest BCUT2D eigenvalue weighted by Crippen LogP contribution is -2.44. The third kappa shape index (κ3) is 6.15. The van der Waals surface area contributed by atoms with Gasteiger partial charge in [0.2, 0.25) is 5.91 Å². The fourth-order valence-corrected chi connectivity index (χ4v) is 3.64. The first-order valence-corrected chi connectivity index (χ1v) is 9.29. The number of fused-ring (bicyclic) bond motifs is 1. The van der Waals surface area contributed by atoms with Gasteiger partial charge >= 0.3 is 12.1 Å². The molecule has 2 saturated heterocycles. The van der Waals surface area contributed by atoms with Crippen LogP contribution in [0.1, 0.15) is 16.8 Å². The number of benzene rings is 1. The second-order valence-electron chi connectivity index (χ2n) is 7.21. The van der Waals surface area contributed by atoms with Crippen molar-refractivity contribution >= 4 is 17.8 Å². The second kappa shape index (κ2) is 9.88. The molecule has 0 aliphatic carbocycles. The van der Waals surface area contributed by atoms with E-state index in [-0.39, 0.29) is 17.4 Å². The summed E-state index contributed by atoms with van der Waals surface area (Å²) in [5.41, 5.74) is 0.147. The zero-order valence-corrected chi connectivity index (χ0v) is 16.3. The average Bonchev–Trinajstić information content (AvgIpc) is 3.11. The highest BCUT2D eigenvalue weighted by Gasteiger charge is 2.40. The van der Waals surface area contributed by atoms with Crippen LogP contribution in [0.25, 0.3) is 0 Å². The van der Waals surface area contributed by atoms with Gasteiger partial charge in [-0.2, -0.15) is 13.2 Å². The van der Waals surface area contributed by atoms with Crippen LogP contribution in [0.15, 0.2) is 24.3 Å². The van der Waals surface area contributed by atoms with Gasteiger partial charge in [0, 0.05) is 26.7 Å². The minimum atomic E-state index is -5.08. The molecule has 1 aromatic rings. The number of halogens is 4. The largest absolute Gasteiger partial charge is 0.490 e. The number of amides is 2. The van der Waals surface area contributed by atoms with Crippen molar-refractivity contribution in [1.29, 1.82) is 0 Å². The van der Waals surface area contributed by atoms with Crippen molar-refractivity contribution < 1.29 is 37.1 Å². The average molecular weight is 433 g/mol. The van der Waals surface area contributed by atoms with E-state index in [0.717, 1.165) is 19.5 Å². The number of hydrogen-bond acceptors (Lipinski definition) is 4. The molecule has 2 heterocycles. The molecule has 0 spiro atoms. The van der Waals surface area contributed by atoms with Gasteiger partial charge < -0.3 is 15.3 Å². The predicted molar refractivity (Wildman–Crippen MR) is 98.1 cm³/mol. The summed E-state index contributed by atoms with van der Waals surface area (Å²) in [4.78, 5) is 36.8. The van der Waals surface area contributed by atoms with Crippen LogP contribution in [0.5, 0.6) is 0 Å². The van der Waals surface area contributed by atoms with Gasteiger partial charge in [-0.25, -0.2) is 9.18 Å². The summed E-state index contributed by atoms with van der Waals surface area (Å²) in [6.45, 7) is 3.42. The Hall–Kier alpha value is -2.69.